The van der Waals surface area contributed by atoms with Gasteiger partial charge in [0.1, 0.15) is 18.2 Å². The lowest BCUT2D eigenvalue weighted by Crippen LogP contribution is -2.31. The molecule has 0 saturated heterocycles. The minimum atomic E-state index is -0.445. The van der Waals surface area contributed by atoms with Crippen LogP contribution in [0.3, 0.4) is 0 Å². The van der Waals surface area contributed by atoms with Gasteiger partial charge in [-0.1, -0.05) is 43.2 Å². The first-order chi connectivity index (χ1) is 15.0. The Kier molecular flexibility index (Phi) is 3.72. The molecule has 0 atom stereocenters. The van der Waals surface area contributed by atoms with Crippen LogP contribution in [0.2, 0.25) is 0 Å². The van der Waals surface area contributed by atoms with E-state index in [0.29, 0.717) is 0 Å². The van der Waals surface area contributed by atoms with E-state index in [9.17, 15) is 0 Å². The third-order valence-electron chi connectivity index (χ3n) is 6.75. The summed E-state index contributed by atoms with van der Waals surface area (Å²) in [5.41, 5.74) is 6.51. The molecule has 5 aromatic rings. The highest BCUT2D eigenvalue weighted by molar-refractivity contribution is 6.19. The number of furan rings is 1. The molecule has 3 aromatic carbocycles. The van der Waals surface area contributed by atoms with Crippen molar-refractivity contribution in [3.63, 3.8) is 0 Å². The van der Waals surface area contributed by atoms with Gasteiger partial charge in [0.15, 0.2) is 6.20 Å². The van der Waals surface area contributed by atoms with Crippen LogP contribution >= 0.6 is 0 Å². The number of hydrogen-bond acceptors (Lipinski definition) is 1. The number of nitrogens with zero attached hydrogens (tertiary/aromatic N) is 1. The molecule has 2 nitrogen and oxygen atoms in total. The summed E-state index contributed by atoms with van der Waals surface area (Å²) < 4.78 is 17.4. The Morgan fingerprint density at radius 3 is 2.63 bits per heavy atom. The first-order valence-electron chi connectivity index (χ1n) is 11.4. The number of rotatable bonds is 2. The highest BCUT2D eigenvalue weighted by atomic mass is 16.3. The van der Waals surface area contributed by atoms with Crippen molar-refractivity contribution in [3.05, 3.63) is 78.0 Å². The predicted molar refractivity (Wildman–Crippen MR) is 124 cm³/mol. The second kappa shape index (κ2) is 6.70. The summed E-state index contributed by atoms with van der Waals surface area (Å²) in [6, 6.07) is 21.5. The molecular weight excluding hydrogens is 366 g/mol. The van der Waals surface area contributed by atoms with E-state index in [2.05, 4.69) is 85.4 Å². The second-order valence-corrected chi connectivity index (χ2v) is 8.65. The fourth-order valence-electron chi connectivity index (χ4n) is 5.12. The highest BCUT2D eigenvalue weighted by Crippen LogP contribution is 2.39. The van der Waals surface area contributed by atoms with Gasteiger partial charge >= 0.3 is 0 Å². The highest BCUT2D eigenvalue weighted by Gasteiger charge is 2.22. The van der Waals surface area contributed by atoms with E-state index < -0.39 is 5.89 Å². The molecule has 148 valence electrons. The van der Waals surface area contributed by atoms with Crippen LogP contribution < -0.4 is 4.57 Å². The third-order valence-corrected chi connectivity index (χ3v) is 6.75. The molecule has 30 heavy (non-hydrogen) atoms. The summed E-state index contributed by atoms with van der Waals surface area (Å²) in [4.78, 5) is 0. The van der Waals surface area contributed by atoms with E-state index in [1.54, 1.807) is 0 Å². The van der Waals surface area contributed by atoms with Crippen molar-refractivity contribution in [2.45, 2.75) is 38.5 Å². The summed E-state index contributed by atoms with van der Waals surface area (Å²) in [5.74, 6) is -0.445. The van der Waals surface area contributed by atoms with Crippen molar-refractivity contribution in [3.8, 4) is 11.3 Å². The molecule has 6 rings (SSSR count). The minimum absolute atomic E-state index is 0.445. The molecule has 0 unspecified atom stereocenters. The van der Waals surface area contributed by atoms with E-state index in [-0.39, 0.29) is 0 Å². The van der Waals surface area contributed by atoms with Crippen molar-refractivity contribution in [1.29, 1.82) is 0 Å². The van der Waals surface area contributed by atoms with Gasteiger partial charge in [-0.15, -0.1) is 0 Å². The predicted octanol–water partition coefficient (Wildman–Crippen LogP) is 7.20. The fraction of sp³-hybridized carbons (Fsp3) is 0.250. The van der Waals surface area contributed by atoms with E-state index in [1.165, 1.54) is 32.7 Å². The van der Waals surface area contributed by atoms with Crippen LogP contribution in [0.25, 0.3) is 44.0 Å². The van der Waals surface area contributed by atoms with Crippen LogP contribution in [0.5, 0.6) is 0 Å². The van der Waals surface area contributed by atoms with Gasteiger partial charge in [-0.3, -0.25) is 0 Å². The number of hydrogen-bond donors (Lipinski definition) is 0. The van der Waals surface area contributed by atoms with E-state index in [1.807, 2.05) is 0 Å². The van der Waals surface area contributed by atoms with Gasteiger partial charge in [-0.25, -0.2) is 4.57 Å². The van der Waals surface area contributed by atoms with Gasteiger partial charge in [0.05, 0.1) is 5.56 Å². The number of benzene rings is 3. The maximum Gasteiger partial charge on any atom is 0.212 e. The van der Waals surface area contributed by atoms with Crippen molar-refractivity contribution in [1.82, 2.24) is 0 Å². The van der Waals surface area contributed by atoms with Crippen molar-refractivity contribution >= 4 is 32.7 Å². The van der Waals surface area contributed by atoms with Crippen molar-refractivity contribution in [2.24, 2.45) is 7.05 Å². The maximum atomic E-state index is 8.96. The van der Waals surface area contributed by atoms with Crippen LogP contribution in [0.4, 0.5) is 0 Å². The number of pyridine rings is 1. The molecule has 1 aliphatic rings. The number of aryl methyl sites for hydroxylation is 2. The summed E-state index contributed by atoms with van der Waals surface area (Å²) in [6.07, 6.45) is 6.31. The minimum Gasteiger partial charge on any atom is -0.456 e. The van der Waals surface area contributed by atoms with Crippen molar-refractivity contribution < 1.29 is 10.4 Å². The van der Waals surface area contributed by atoms with Crippen LogP contribution in [-0.2, 0) is 7.05 Å². The van der Waals surface area contributed by atoms with Crippen LogP contribution in [0, 0.1) is 6.92 Å². The van der Waals surface area contributed by atoms with Gasteiger partial charge in [-0.05, 0) is 65.8 Å². The molecule has 2 heterocycles. The molecule has 0 N–H and O–H groups in total. The summed E-state index contributed by atoms with van der Waals surface area (Å²) in [7, 11) is 2.08. The molecule has 2 heteroatoms. The normalized spacial score (nSPS) is 16.5. The molecule has 0 aliphatic heterocycles. The van der Waals surface area contributed by atoms with E-state index in [4.69, 9.17) is 5.79 Å². The molecular formula is C28H26NO+. The largest absolute Gasteiger partial charge is 0.456 e. The van der Waals surface area contributed by atoms with Gasteiger partial charge in [0.2, 0.25) is 5.69 Å². The lowest BCUT2D eigenvalue weighted by atomic mass is 9.94. The molecule has 1 fully saturated rings. The van der Waals surface area contributed by atoms with Gasteiger partial charge < -0.3 is 4.42 Å². The Bertz CT molecular complexity index is 1470. The Balaban J connectivity index is 1.58. The van der Waals surface area contributed by atoms with Crippen molar-refractivity contribution in [2.75, 3.05) is 0 Å². The van der Waals surface area contributed by atoms with Crippen LogP contribution in [0.15, 0.2) is 71.3 Å². The molecule has 1 aliphatic carbocycles. The van der Waals surface area contributed by atoms with E-state index >= 15 is 0 Å². The SMILES string of the molecule is [2H]C1(c2cc[n+](C)c(-c3cc4oc5ccc6ccccc6c5c4cc3C)c2)CCCC1. The third kappa shape index (κ3) is 2.67. The first kappa shape index (κ1) is 16.6. The zero-order valence-electron chi connectivity index (χ0n) is 18.5. The molecule has 0 amide bonds. The summed E-state index contributed by atoms with van der Waals surface area (Å²) in [5, 5.41) is 4.82. The Hall–Kier alpha value is -3.13. The lowest BCUT2D eigenvalue weighted by Gasteiger charge is -2.11. The van der Waals surface area contributed by atoms with Gasteiger partial charge in [-0.2, -0.15) is 0 Å². The van der Waals surface area contributed by atoms with Gasteiger partial charge in [0, 0.05) is 24.3 Å². The molecule has 0 bridgehead atoms. The second-order valence-electron chi connectivity index (χ2n) is 8.65. The smallest absolute Gasteiger partial charge is 0.212 e. The molecule has 2 aromatic heterocycles. The van der Waals surface area contributed by atoms with Gasteiger partial charge in [0.25, 0.3) is 0 Å². The number of fused-ring (bicyclic) bond motifs is 5. The Labute approximate surface area is 178 Å². The quantitative estimate of drug-likeness (QED) is 0.290. The van der Waals surface area contributed by atoms with E-state index in [0.717, 1.165) is 48.1 Å². The van der Waals surface area contributed by atoms with Crippen LogP contribution in [-0.4, -0.2) is 0 Å². The molecule has 0 radical (unpaired) electrons. The lowest BCUT2D eigenvalue weighted by molar-refractivity contribution is -0.660. The Morgan fingerprint density at radius 2 is 1.77 bits per heavy atom. The standard InChI is InChI=1S/C28H26NO/c1-18-15-24-27(30-26-12-11-20-9-5-6-10-22(20)28(24)26)17-23(18)25-16-21(13-14-29(25)2)19-7-3-4-8-19/h5-6,9-17,19H,3-4,7-8H2,1-2H3/q+1/i19D. The average molecular weight is 394 g/mol. The maximum absolute atomic E-state index is 8.96. The first-order valence-corrected chi connectivity index (χ1v) is 10.9. The molecule has 0 spiro atoms. The summed E-state index contributed by atoms with van der Waals surface area (Å²) >= 11 is 0. The zero-order chi connectivity index (χ0) is 21.2. The molecule has 1 saturated carbocycles. The number of aromatic nitrogens is 1. The zero-order valence-corrected chi connectivity index (χ0v) is 17.5. The topological polar surface area (TPSA) is 17.0 Å². The monoisotopic (exact) mass is 393 g/mol. The fourth-order valence-corrected chi connectivity index (χ4v) is 5.12. The average Bonchev–Trinajstić information content (AvgIpc) is 3.38. The Morgan fingerprint density at radius 1 is 0.933 bits per heavy atom. The van der Waals surface area contributed by atoms with Crippen LogP contribution in [0.1, 0.15) is 44.1 Å². The summed E-state index contributed by atoms with van der Waals surface area (Å²) in [6.45, 7) is 2.18.